The van der Waals surface area contributed by atoms with Crippen molar-refractivity contribution in [2.24, 2.45) is 0 Å². The van der Waals surface area contributed by atoms with E-state index in [4.69, 9.17) is 15.0 Å². The summed E-state index contributed by atoms with van der Waals surface area (Å²) in [4.78, 5) is 28.6. The second-order valence-corrected chi connectivity index (χ2v) is 7.57. The van der Waals surface area contributed by atoms with Crippen molar-refractivity contribution in [3.05, 3.63) is 122 Å². The Labute approximate surface area is 199 Å². The molecule has 34 heavy (non-hydrogen) atoms. The van der Waals surface area contributed by atoms with E-state index in [2.05, 4.69) is 13.2 Å². The molecule has 0 saturated carbocycles. The molecule has 0 atom stereocenters. The van der Waals surface area contributed by atoms with E-state index in [1.54, 1.807) is 30.2 Å². The topological polar surface area (TPSA) is 59.0 Å². The first-order valence-electron chi connectivity index (χ1n) is 10.8. The molecule has 5 nitrogen and oxygen atoms in total. The maximum absolute atomic E-state index is 12.8. The lowest BCUT2D eigenvalue weighted by molar-refractivity contribution is -0.114. The van der Waals surface area contributed by atoms with Gasteiger partial charge < -0.3 is 4.90 Å². The lowest BCUT2D eigenvalue weighted by atomic mass is 10.1. The fraction of sp³-hybridized carbons (Fsp3) is 0.0345. The van der Waals surface area contributed by atoms with Crippen molar-refractivity contribution in [3.63, 3.8) is 0 Å². The van der Waals surface area contributed by atoms with Crippen molar-refractivity contribution in [1.82, 2.24) is 15.0 Å². The second-order valence-electron chi connectivity index (χ2n) is 7.57. The normalized spacial score (nSPS) is 10.7. The zero-order chi connectivity index (χ0) is 23.9. The van der Waals surface area contributed by atoms with Crippen molar-refractivity contribution in [1.29, 1.82) is 0 Å². The number of amides is 1. The highest BCUT2D eigenvalue weighted by molar-refractivity contribution is 6.06. The number of nitrogens with zero attached hydrogens (tertiary/aromatic N) is 4. The number of rotatable bonds is 7. The number of likely N-dealkylation sites (N-methyl/N-ethyl adjacent to an activating group) is 1. The number of carbonyl (C=O) groups is 1. The van der Waals surface area contributed by atoms with Crippen LogP contribution in [0, 0.1) is 0 Å². The average Bonchev–Trinajstić information content (AvgIpc) is 2.91. The molecule has 5 heteroatoms. The van der Waals surface area contributed by atoms with Crippen LogP contribution in [-0.4, -0.2) is 27.9 Å². The molecule has 3 aromatic carbocycles. The standard InChI is InChI=1S/C29H24N4O/c1-4-5-13-21(2)29(34)33(3)25-19-12-18-24(20-25)28-31-26(22-14-8-6-9-15-22)30-27(32-28)23-16-10-7-11-17-23/h4-20H,1-2H2,3H3/b13-5-. The zero-order valence-electron chi connectivity index (χ0n) is 18.9. The molecular weight excluding hydrogens is 420 g/mol. The van der Waals surface area contributed by atoms with E-state index in [9.17, 15) is 4.79 Å². The van der Waals surface area contributed by atoms with Gasteiger partial charge in [0.1, 0.15) is 0 Å². The fourth-order valence-corrected chi connectivity index (χ4v) is 3.38. The van der Waals surface area contributed by atoms with Crippen LogP contribution in [0.1, 0.15) is 0 Å². The number of anilines is 1. The summed E-state index contributed by atoms with van der Waals surface area (Å²) in [7, 11) is 1.71. The fourth-order valence-electron chi connectivity index (χ4n) is 3.38. The zero-order valence-corrected chi connectivity index (χ0v) is 18.9. The van der Waals surface area contributed by atoms with Gasteiger partial charge in [-0.15, -0.1) is 0 Å². The smallest absolute Gasteiger partial charge is 0.257 e. The minimum Gasteiger partial charge on any atom is -0.311 e. The molecule has 0 spiro atoms. The molecule has 4 aromatic rings. The lowest BCUT2D eigenvalue weighted by Gasteiger charge is -2.18. The van der Waals surface area contributed by atoms with Crippen molar-refractivity contribution in [2.75, 3.05) is 11.9 Å². The number of hydrogen-bond acceptors (Lipinski definition) is 4. The van der Waals surface area contributed by atoms with Gasteiger partial charge in [-0.25, -0.2) is 15.0 Å². The summed E-state index contributed by atoms with van der Waals surface area (Å²) in [5.41, 5.74) is 3.65. The van der Waals surface area contributed by atoms with Crippen LogP contribution >= 0.6 is 0 Å². The van der Waals surface area contributed by atoms with Crippen molar-refractivity contribution < 1.29 is 4.79 Å². The summed E-state index contributed by atoms with van der Waals surface area (Å²) in [6.45, 7) is 7.48. The van der Waals surface area contributed by atoms with Gasteiger partial charge in [-0.1, -0.05) is 104 Å². The first-order chi connectivity index (χ1) is 16.6. The SMILES string of the molecule is C=C/C=C\C(=C)C(=O)N(C)c1cccc(-c2nc(-c3ccccc3)nc(-c3ccccc3)n2)c1. The minimum atomic E-state index is -0.208. The van der Waals surface area contributed by atoms with E-state index in [-0.39, 0.29) is 5.91 Å². The van der Waals surface area contributed by atoms with Crippen molar-refractivity contribution in [2.45, 2.75) is 0 Å². The average molecular weight is 445 g/mol. The summed E-state index contributed by atoms with van der Waals surface area (Å²) in [5, 5.41) is 0. The maximum atomic E-state index is 12.8. The Morgan fingerprint density at radius 2 is 1.26 bits per heavy atom. The van der Waals surface area contributed by atoms with E-state index in [1.807, 2.05) is 84.9 Å². The summed E-state index contributed by atoms with van der Waals surface area (Å²) >= 11 is 0. The number of aromatic nitrogens is 3. The van der Waals surface area contributed by atoms with Gasteiger partial charge in [-0.3, -0.25) is 4.79 Å². The molecule has 0 aliphatic carbocycles. The van der Waals surface area contributed by atoms with Crippen LogP contribution in [-0.2, 0) is 4.79 Å². The maximum Gasteiger partial charge on any atom is 0.257 e. The molecule has 1 amide bonds. The Kier molecular flexibility index (Phi) is 6.84. The van der Waals surface area contributed by atoms with Gasteiger partial charge in [0, 0.05) is 35.0 Å². The molecule has 0 saturated heterocycles. The molecule has 0 unspecified atom stereocenters. The molecule has 166 valence electrons. The lowest BCUT2D eigenvalue weighted by Crippen LogP contribution is -2.26. The second kappa shape index (κ2) is 10.3. The van der Waals surface area contributed by atoms with Crippen LogP contribution in [0.5, 0.6) is 0 Å². The predicted octanol–water partition coefficient (Wildman–Crippen LogP) is 6.13. The molecule has 0 fully saturated rings. The Morgan fingerprint density at radius 1 is 0.765 bits per heavy atom. The predicted molar refractivity (Wildman–Crippen MR) is 138 cm³/mol. The molecule has 0 bridgehead atoms. The van der Waals surface area contributed by atoms with Gasteiger partial charge in [0.25, 0.3) is 5.91 Å². The molecule has 4 rings (SSSR count). The molecular formula is C29H24N4O. The van der Waals surface area contributed by atoms with Crippen LogP contribution in [0.2, 0.25) is 0 Å². The summed E-state index contributed by atoms with van der Waals surface area (Å²) in [5.74, 6) is 1.49. The Hall–Kier alpha value is -4.64. The van der Waals surface area contributed by atoms with Gasteiger partial charge in [0.2, 0.25) is 0 Å². The molecule has 1 aromatic heterocycles. The van der Waals surface area contributed by atoms with Crippen molar-refractivity contribution in [3.8, 4) is 34.2 Å². The summed E-state index contributed by atoms with van der Waals surface area (Å²) in [6, 6.07) is 27.2. The van der Waals surface area contributed by atoms with E-state index in [1.165, 1.54) is 0 Å². The van der Waals surface area contributed by atoms with Gasteiger partial charge in [-0.05, 0) is 12.1 Å². The monoisotopic (exact) mass is 444 g/mol. The van der Waals surface area contributed by atoms with Crippen LogP contribution < -0.4 is 4.90 Å². The first-order valence-corrected chi connectivity index (χ1v) is 10.8. The molecule has 0 aliphatic heterocycles. The number of allylic oxidation sites excluding steroid dienone is 2. The molecule has 1 heterocycles. The van der Waals surface area contributed by atoms with E-state index < -0.39 is 0 Å². The van der Waals surface area contributed by atoms with Gasteiger partial charge >= 0.3 is 0 Å². The third-order valence-corrected chi connectivity index (χ3v) is 5.20. The number of hydrogen-bond donors (Lipinski definition) is 0. The first kappa shape index (κ1) is 22.6. The third kappa shape index (κ3) is 5.05. The Bertz CT molecular complexity index is 1300. The van der Waals surface area contributed by atoms with Gasteiger partial charge in [-0.2, -0.15) is 0 Å². The number of carbonyl (C=O) groups excluding carboxylic acids is 1. The van der Waals surface area contributed by atoms with Crippen LogP contribution in [0.3, 0.4) is 0 Å². The minimum absolute atomic E-state index is 0.208. The highest BCUT2D eigenvalue weighted by atomic mass is 16.2. The molecule has 0 radical (unpaired) electrons. The van der Waals surface area contributed by atoms with E-state index in [0.717, 1.165) is 16.7 Å². The van der Waals surface area contributed by atoms with Gasteiger partial charge in [0.05, 0.1) is 0 Å². The quantitative estimate of drug-likeness (QED) is 0.254. The van der Waals surface area contributed by atoms with Crippen LogP contribution in [0.4, 0.5) is 5.69 Å². The Morgan fingerprint density at radius 3 is 1.79 bits per heavy atom. The van der Waals surface area contributed by atoms with Gasteiger partial charge in [0.15, 0.2) is 17.5 Å². The van der Waals surface area contributed by atoms with Crippen molar-refractivity contribution >= 4 is 11.6 Å². The molecule has 0 N–H and O–H groups in total. The van der Waals surface area contributed by atoms with Crippen LogP contribution in [0.15, 0.2) is 122 Å². The van der Waals surface area contributed by atoms with E-state index >= 15 is 0 Å². The van der Waals surface area contributed by atoms with Crippen LogP contribution in [0.25, 0.3) is 34.2 Å². The largest absolute Gasteiger partial charge is 0.311 e. The van der Waals surface area contributed by atoms with E-state index in [0.29, 0.717) is 28.7 Å². The number of benzene rings is 3. The highest BCUT2D eigenvalue weighted by Gasteiger charge is 2.16. The third-order valence-electron chi connectivity index (χ3n) is 5.20. The summed E-state index contributed by atoms with van der Waals surface area (Å²) < 4.78 is 0. The molecule has 0 aliphatic rings. The highest BCUT2D eigenvalue weighted by Crippen LogP contribution is 2.27. The summed E-state index contributed by atoms with van der Waals surface area (Å²) in [6.07, 6.45) is 4.93. The Balaban J connectivity index is 1.77.